The molecule has 0 aliphatic rings. The maximum atomic E-state index is 11.8. The third kappa shape index (κ3) is 6.15. The van der Waals surface area contributed by atoms with Gasteiger partial charge in [0, 0.05) is 6.54 Å². The molecule has 0 saturated carbocycles. The Morgan fingerprint density at radius 2 is 1.87 bits per heavy atom. The molecule has 0 bridgehead atoms. The summed E-state index contributed by atoms with van der Waals surface area (Å²) in [6.07, 6.45) is 2.33. The first-order valence-electron chi connectivity index (χ1n) is 8.16. The minimum absolute atomic E-state index is 0.0448. The molecule has 0 spiro atoms. The van der Waals surface area contributed by atoms with Crippen LogP contribution in [0.5, 0.6) is 5.75 Å². The lowest BCUT2D eigenvalue weighted by Gasteiger charge is -2.10. The Morgan fingerprint density at radius 1 is 1.09 bits per heavy atom. The van der Waals surface area contributed by atoms with Gasteiger partial charge in [0.1, 0.15) is 5.75 Å². The number of aryl methyl sites for hydroxylation is 3. The van der Waals surface area contributed by atoms with E-state index in [1.165, 1.54) is 5.56 Å². The molecule has 1 N–H and O–H groups in total. The van der Waals surface area contributed by atoms with E-state index in [1.54, 1.807) is 0 Å². The van der Waals surface area contributed by atoms with E-state index in [-0.39, 0.29) is 5.91 Å². The van der Waals surface area contributed by atoms with Gasteiger partial charge in [-0.3, -0.25) is 4.79 Å². The van der Waals surface area contributed by atoms with Gasteiger partial charge >= 0.3 is 0 Å². The van der Waals surface area contributed by atoms with Crippen LogP contribution in [-0.2, 0) is 11.2 Å². The first kappa shape index (κ1) is 17.1. The Bertz CT molecular complexity index is 623. The molecule has 0 atom stereocenters. The topological polar surface area (TPSA) is 38.3 Å². The van der Waals surface area contributed by atoms with E-state index in [0.29, 0.717) is 19.6 Å². The van der Waals surface area contributed by atoms with Crippen molar-refractivity contribution < 1.29 is 9.53 Å². The van der Waals surface area contributed by atoms with Gasteiger partial charge in [-0.2, -0.15) is 0 Å². The van der Waals surface area contributed by atoms with Crippen molar-refractivity contribution in [2.45, 2.75) is 33.1 Å². The number of benzene rings is 2. The molecule has 0 saturated heterocycles. The average molecular weight is 311 g/mol. The van der Waals surface area contributed by atoms with E-state index in [4.69, 9.17) is 4.74 Å². The normalized spacial score (nSPS) is 10.3. The van der Waals surface area contributed by atoms with E-state index in [0.717, 1.165) is 29.7 Å². The molecule has 0 aromatic heterocycles. The van der Waals surface area contributed by atoms with Gasteiger partial charge in [0.25, 0.3) is 0 Å². The molecule has 3 nitrogen and oxygen atoms in total. The summed E-state index contributed by atoms with van der Waals surface area (Å²) in [6, 6.07) is 16.4. The molecule has 23 heavy (non-hydrogen) atoms. The molecular weight excluding hydrogens is 286 g/mol. The fourth-order valence-corrected chi connectivity index (χ4v) is 2.37. The van der Waals surface area contributed by atoms with Gasteiger partial charge in [-0.1, -0.05) is 42.5 Å². The van der Waals surface area contributed by atoms with E-state index in [9.17, 15) is 4.79 Å². The maximum Gasteiger partial charge on any atom is 0.223 e. The molecule has 0 heterocycles. The van der Waals surface area contributed by atoms with Gasteiger partial charge in [0.2, 0.25) is 5.91 Å². The fourth-order valence-electron chi connectivity index (χ4n) is 2.37. The Balaban J connectivity index is 1.61. The van der Waals surface area contributed by atoms with E-state index in [1.807, 2.05) is 44.2 Å². The van der Waals surface area contributed by atoms with Gasteiger partial charge in [-0.25, -0.2) is 0 Å². The molecule has 0 radical (unpaired) electrons. The van der Waals surface area contributed by atoms with Crippen molar-refractivity contribution >= 4 is 5.91 Å². The molecule has 0 aliphatic carbocycles. The summed E-state index contributed by atoms with van der Waals surface area (Å²) in [5.74, 6) is 0.908. The molecule has 1 amide bonds. The van der Waals surface area contributed by atoms with E-state index in [2.05, 4.69) is 23.5 Å². The summed E-state index contributed by atoms with van der Waals surface area (Å²) < 4.78 is 5.70. The van der Waals surface area contributed by atoms with Crippen LogP contribution in [0.25, 0.3) is 0 Å². The summed E-state index contributed by atoms with van der Waals surface area (Å²) in [5, 5.41) is 2.95. The number of hydrogen-bond donors (Lipinski definition) is 1. The number of amides is 1. The number of carbonyl (C=O) groups is 1. The first-order valence-corrected chi connectivity index (χ1v) is 8.16. The SMILES string of the molecule is Cc1ccc(C)c(OCCC(=O)NCCCc2ccccc2)c1. The quantitative estimate of drug-likeness (QED) is 0.753. The van der Waals surface area contributed by atoms with Crippen LogP contribution >= 0.6 is 0 Å². The second-order valence-electron chi connectivity index (χ2n) is 5.81. The molecule has 0 aliphatic heterocycles. The zero-order valence-electron chi connectivity index (χ0n) is 14.0. The van der Waals surface area contributed by atoms with Crippen LogP contribution < -0.4 is 10.1 Å². The van der Waals surface area contributed by atoms with Crippen molar-refractivity contribution in [3.63, 3.8) is 0 Å². The lowest BCUT2D eigenvalue weighted by Crippen LogP contribution is -2.26. The molecular formula is C20H25NO2. The highest BCUT2D eigenvalue weighted by Gasteiger charge is 2.04. The fraction of sp³-hybridized carbons (Fsp3) is 0.350. The predicted molar refractivity (Wildman–Crippen MR) is 93.8 cm³/mol. The highest BCUT2D eigenvalue weighted by Crippen LogP contribution is 2.19. The van der Waals surface area contributed by atoms with Crippen LogP contribution in [-0.4, -0.2) is 19.1 Å². The van der Waals surface area contributed by atoms with Gasteiger partial charge in [0.15, 0.2) is 0 Å². The first-order chi connectivity index (χ1) is 11.1. The van der Waals surface area contributed by atoms with Gasteiger partial charge in [-0.05, 0) is 49.4 Å². The molecule has 122 valence electrons. The maximum absolute atomic E-state index is 11.8. The van der Waals surface area contributed by atoms with Crippen molar-refractivity contribution in [2.75, 3.05) is 13.2 Å². The second-order valence-corrected chi connectivity index (χ2v) is 5.81. The van der Waals surface area contributed by atoms with Crippen molar-refractivity contribution in [3.8, 4) is 5.75 Å². The molecule has 0 unspecified atom stereocenters. The molecule has 2 aromatic carbocycles. The summed E-state index contributed by atoms with van der Waals surface area (Å²) in [5.41, 5.74) is 3.56. The molecule has 0 fully saturated rings. The highest BCUT2D eigenvalue weighted by atomic mass is 16.5. The van der Waals surface area contributed by atoms with Gasteiger partial charge < -0.3 is 10.1 Å². The van der Waals surface area contributed by atoms with Gasteiger partial charge in [-0.15, -0.1) is 0 Å². The Kier molecular flexibility index (Phi) is 6.67. The smallest absolute Gasteiger partial charge is 0.223 e. The van der Waals surface area contributed by atoms with Gasteiger partial charge in [0.05, 0.1) is 13.0 Å². The lowest BCUT2D eigenvalue weighted by molar-refractivity contribution is -0.121. The second kappa shape index (κ2) is 8.99. The molecule has 2 aromatic rings. The third-order valence-electron chi connectivity index (χ3n) is 3.74. The number of carbonyl (C=O) groups excluding carboxylic acids is 1. The minimum atomic E-state index is 0.0448. The molecule has 3 heteroatoms. The highest BCUT2D eigenvalue weighted by molar-refractivity contribution is 5.75. The van der Waals surface area contributed by atoms with Crippen LogP contribution in [0.4, 0.5) is 0 Å². The number of hydrogen-bond acceptors (Lipinski definition) is 2. The summed E-state index contributed by atoms with van der Waals surface area (Å²) in [4.78, 5) is 11.8. The standard InChI is InChI=1S/C20H25NO2/c1-16-10-11-17(2)19(15-16)23-14-12-20(22)21-13-6-9-18-7-4-3-5-8-18/h3-5,7-8,10-11,15H,6,9,12-14H2,1-2H3,(H,21,22). The van der Waals surface area contributed by atoms with Crippen LogP contribution in [0.3, 0.4) is 0 Å². The summed E-state index contributed by atoms with van der Waals surface area (Å²) in [7, 11) is 0. The lowest BCUT2D eigenvalue weighted by atomic mass is 10.1. The molecule has 2 rings (SSSR count). The van der Waals surface area contributed by atoms with Crippen LogP contribution in [0, 0.1) is 13.8 Å². The summed E-state index contributed by atoms with van der Waals surface area (Å²) in [6.45, 7) is 5.16. The van der Waals surface area contributed by atoms with Crippen molar-refractivity contribution in [1.29, 1.82) is 0 Å². The largest absolute Gasteiger partial charge is 0.493 e. The van der Waals surface area contributed by atoms with Crippen LogP contribution in [0.15, 0.2) is 48.5 Å². The monoisotopic (exact) mass is 311 g/mol. The number of ether oxygens (including phenoxy) is 1. The van der Waals surface area contributed by atoms with Crippen LogP contribution in [0.1, 0.15) is 29.5 Å². The Labute approximate surface area is 138 Å². The van der Waals surface area contributed by atoms with Crippen molar-refractivity contribution in [3.05, 3.63) is 65.2 Å². The van der Waals surface area contributed by atoms with E-state index >= 15 is 0 Å². The van der Waals surface area contributed by atoms with Crippen LogP contribution in [0.2, 0.25) is 0 Å². The Hall–Kier alpha value is -2.29. The average Bonchev–Trinajstić information content (AvgIpc) is 2.56. The van der Waals surface area contributed by atoms with Crippen molar-refractivity contribution in [2.24, 2.45) is 0 Å². The predicted octanol–water partition coefficient (Wildman–Crippen LogP) is 3.82. The Morgan fingerprint density at radius 3 is 2.65 bits per heavy atom. The minimum Gasteiger partial charge on any atom is -0.493 e. The van der Waals surface area contributed by atoms with Crippen molar-refractivity contribution in [1.82, 2.24) is 5.32 Å². The number of rotatable bonds is 8. The zero-order chi connectivity index (χ0) is 16.5. The number of nitrogens with one attached hydrogen (secondary N) is 1. The third-order valence-corrected chi connectivity index (χ3v) is 3.74. The zero-order valence-corrected chi connectivity index (χ0v) is 14.0. The van der Waals surface area contributed by atoms with E-state index < -0.39 is 0 Å². The summed E-state index contributed by atoms with van der Waals surface area (Å²) >= 11 is 0.